The van der Waals surface area contributed by atoms with E-state index in [1.165, 1.54) is 12.1 Å². The van der Waals surface area contributed by atoms with Crippen molar-refractivity contribution in [2.45, 2.75) is 6.54 Å². The lowest BCUT2D eigenvalue weighted by atomic mass is 10.2. The van der Waals surface area contributed by atoms with Gasteiger partial charge in [-0.25, -0.2) is 4.39 Å². The molecule has 1 aromatic carbocycles. The zero-order chi connectivity index (χ0) is 12.3. The molecule has 2 rings (SSSR count). The molecular weight excluding hydrogens is 219 g/mol. The van der Waals surface area contributed by atoms with E-state index in [4.69, 9.17) is 5.26 Å². The third-order valence-corrected chi connectivity index (χ3v) is 2.48. The summed E-state index contributed by atoms with van der Waals surface area (Å²) in [5.41, 5.74) is 1.76. The second-order valence-electron chi connectivity index (χ2n) is 3.61. The van der Waals surface area contributed by atoms with E-state index in [0.717, 1.165) is 5.69 Å². The Hall–Kier alpha value is -2.35. The molecule has 0 bridgehead atoms. The SMILES string of the molecule is Cn1nccc1CNc1ccc(F)c(C#N)c1. The van der Waals surface area contributed by atoms with Crippen LogP contribution < -0.4 is 5.32 Å². The summed E-state index contributed by atoms with van der Waals surface area (Å²) in [7, 11) is 1.85. The number of nitrogens with one attached hydrogen (secondary N) is 1. The summed E-state index contributed by atoms with van der Waals surface area (Å²) in [5.74, 6) is -0.501. The number of benzene rings is 1. The highest BCUT2D eigenvalue weighted by molar-refractivity contribution is 5.49. The Labute approximate surface area is 98.3 Å². The van der Waals surface area contributed by atoms with Gasteiger partial charge in [0.05, 0.1) is 17.8 Å². The molecule has 1 N–H and O–H groups in total. The molecule has 0 fully saturated rings. The molecular formula is C12H11FN4. The predicted octanol–water partition coefficient (Wildman–Crippen LogP) is 2.04. The van der Waals surface area contributed by atoms with Crippen LogP contribution in [0.5, 0.6) is 0 Å². The Balaban J connectivity index is 2.10. The average molecular weight is 230 g/mol. The van der Waals surface area contributed by atoms with Gasteiger partial charge in [0.1, 0.15) is 11.9 Å². The molecule has 0 aliphatic carbocycles. The van der Waals surface area contributed by atoms with E-state index in [-0.39, 0.29) is 5.56 Å². The molecule has 1 heterocycles. The molecule has 0 saturated carbocycles. The van der Waals surface area contributed by atoms with Crippen LogP contribution in [0.3, 0.4) is 0 Å². The van der Waals surface area contributed by atoms with Crippen molar-refractivity contribution in [3.63, 3.8) is 0 Å². The van der Waals surface area contributed by atoms with Gasteiger partial charge in [0.2, 0.25) is 0 Å². The molecule has 86 valence electrons. The maximum absolute atomic E-state index is 13.1. The summed E-state index contributed by atoms with van der Waals surface area (Å²) in [6.07, 6.45) is 1.71. The highest BCUT2D eigenvalue weighted by Gasteiger charge is 2.03. The van der Waals surface area contributed by atoms with Crippen LogP contribution >= 0.6 is 0 Å². The lowest BCUT2D eigenvalue weighted by molar-refractivity contribution is 0.624. The number of anilines is 1. The van der Waals surface area contributed by atoms with Crippen molar-refractivity contribution in [1.82, 2.24) is 9.78 Å². The molecule has 1 aromatic heterocycles. The average Bonchev–Trinajstić information content (AvgIpc) is 2.74. The smallest absolute Gasteiger partial charge is 0.141 e. The standard InChI is InChI=1S/C12H11FN4/c1-17-11(4-5-16-17)8-15-10-2-3-12(13)9(6-10)7-14/h2-6,15H,8H2,1H3. The Kier molecular flexibility index (Phi) is 3.06. The summed E-state index contributed by atoms with van der Waals surface area (Å²) in [5, 5.41) is 15.9. The maximum Gasteiger partial charge on any atom is 0.141 e. The Morgan fingerprint density at radius 1 is 1.47 bits per heavy atom. The third kappa shape index (κ3) is 2.42. The van der Waals surface area contributed by atoms with Crippen molar-refractivity contribution < 1.29 is 4.39 Å². The zero-order valence-electron chi connectivity index (χ0n) is 9.31. The number of aryl methyl sites for hydroxylation is 1. The maximum atomic E-state index is 13.1. The van der Waals surface area contributed by atoms with Gasteiger partial charge in [0, 0.05) is 18.9 Å². The summed E-state index contributed by atoms with van der Waals surface area (Å²) >= 11 is 0. The summed E-state index contributed by atoms with van der Waals surface area (Å²) in [6, 6.07) is 8.08. The second kappa shape index (κ2) is 4.66. The molecule has 0 spiro atoms. The fourth-order valence-electron chi connectivity index (χ4n) is 1.49. The van der Waals surface area contributed by atoms with Crippen LogP contribution in [0.2, 0.25) is 0 Å². The first kappa shape index (κ1) is 11.1. The Morgan fingerprint density at radius 3 is 2.94 bits per heavy atom. The van der Waals surface area contributed by atoms with Crippen molar-refractivity contribution in [3.8, 4) is 6.07 Å². The van der Waals surface area contributed by atoms with E-state index < -0.39 is 5.82 Å². The molecule has 0 saturated heterocycles. The van der Waals surface area contributed by atoms with E-state index >= 15 is 0 Å². The second-order valence-corrected chi connectivity index (χ2v) is 3.61. The molecule has 0 atom stereocenters. The van der Waals surface area contributed by atoms with Gasteiger partial charge in [-0.15, -0.1) is 0 Å². The quantitative estimate of drug-likeness (QED) is 0.877. The monoisotopic (exact) mass is 230 g/mol. The predicted molar refractivity (Wildman–Crippen MR) is 61.6 cm³/mol. The van der Waals surface area contributed by atoms with Crippen molar-refractivity contribution in [2.24, 2.45) is 7.05 Å². The van der Waals surface area contributed by atoms with Gasteiger partial charge in [-0.05, 0) is 24.3 Å². The van der Waals surface area contributed by atoms with Crippen LogP contribution in [0.4, 0.5) is 10.1 Å². The minimum absolute atomic E-state index is 0.0417. The first-order valence-corrected chi connectivity index (χ1v) is 5.11. The van der Waals surface area contributed by atoms with Gasteiger partial charge in [-0.2, -0.15) is 10.4 Å². The van der Waals surface area contributed by atoms with Crippen LogP contribution in [0.1, 0.15) is 11.3 Å². The third-order valence-electron chi connectivity index (χ3n) is 2.48. The number of nitriles is 1. The lowest BCUT2D eigenvalue weighted by Gasteiger charge is -2.07. The minimum atomic E-state index is -0.501. The van der Waals surface area contributed by atoms with E-state index in [0.29, 0.717) is 12.2 Å². The molecule has 2 aromatic rings. The number of nitrogens with zero attached hydrogens (tertiary/aromatic N) is 3. The number of halogens is 1. The number of hydrogen-bond acceptors (Lipinski definition) is 3. The number of hydrogen-bond donors (Lipinski definition) is 1. The summed E-state index contributed by atoms with van der Waals surface area (Å²) < 4.78 is 14.8. The fourth-order valence-corrected chi connectivity index (χ4v) is 1.49. The molecule has 17 heavy (non-hydrogen) atoms. The van der Waals surface area contributed by atoms with Crippen molar-refractivity contribution in [1.29, 1.82) is 5.26 Å². The van der Waals surface area contributed by atoms with Crippen molar-refractivity contribution in [2.75, 3.05) is 5.32 Å². The van der Waals surface area contributed by atoms with Crippen LogP contribution in [-0.2, 0) is 13.6 Å². The van der Waals surface area contributed by atoms with Crippen molar-refractivity contribution >= 4 is 5.69 Å². The topological polar surface area (TPSA) is 53.6 Å². The van der Waals surface area contributed by atoms with E-state index in [9.17, 15) is 4.39 Å². The van der Waals surface area contributed by atoms with E-state index in [2.05, 4.69) is 10.4 Å². The van der Waals surface area contributed by atoms with Gasteiger partial charge in [0.15, 0.2) is 0 Å². The zero-order valence-corrected chi connectivity index (χ0v) is 9.31. The molecule has 0 aliphatic heterocycles. The van der Waals surface area contributed by atoms with Crippen molar-refractivity contribution in [3.05, 3.63) is 47.5 Å². The van der Waals surface area contributed by atoms with Crippen LogP contribution in [-0.4, -0.2) is 9.78 Å². The molecule has 0 aliphatic rings. The normalized spacial score (nSPS) is 9.94. The molecule has 0 amide bonds. The van der Waals surface area contributed by atoms with E-state index in [1.54, 1.807) is 16.9 Å². The van der Waals surface area contributed by atoms with E-state index in [1.807, 2.05) is 19.2 Å². The minimum Gasteiger partial charge on any atom is -0.379 e. The Bertz CT molecular complexity index is 568. The molecule has 0 radical (unpaired) electrons. The molecule has 4 nitrogen and oxygen atoms in total. The largest absolute Gasteiger partial charge is 0.379 e. The van der Waals surface area contributed by atoms with Crippen LogP contribution in [0.15, 0.2) is 30.5 Å². The molecule has 5 heteroatoms. The van der Waals surface area contributed by atoms with Gasteiger partial charge in [-0.3, -0.25) is 4.68 Å². The number of rotatable bonds is 3. The summed E-state index contributed by atoms with van der Waals surface area (Å²) in [6.45, 7) is 0.576. The fraction of sp³-hybridized carbons (Fsp3) is 0.167. The number of aromatic nitrogens is 2. The van der Waals surface area contributed by atoms with Gasteiger partial charge >= 0.3 is 0 Å². The first-order valence-electron chi connectivity index (χ1n) is 5.11. The van der Waals surface area contributed by atoms with Gasteiger partial charge < -0.3 is 5.32 Å². The molecule has 0 unspecified atom stereocenters. The highest BCUT2D eigenvalue weighted by atomic mass is 19.1. The summed E-state index contributed by atoms with van der Waals surface area (Å²) in [4.78, 5) is 0. The Morgan fingerprint density at radius 2 is 2.29 bits per heavy atom. The lowest BCUT2D eigenvalue weighted by Crippen LogP contribution is -2.05. The highest BCUT2D eigenvalue weighted by Crippen LogP contribution is 2.14. The van der Waals surface area contributed by atoms with Crippen LogP contribution in [0.25, 0.3) is 0 Å². The van der Waals surface area contributed by atoms with Gasteiger partial charge in [0.25, 0.3) is 0 Å². The first-order chi connectivity index (χ1) is 8.20. The van der Waals surface area contributed by atoms with Gasteiger partial charge in [-0.1, -0.05) is 0 Å². The van der Waals surface area contributed by atoms with Crippen LogP contribution in [0, 0.1) is 17.1 Å².